The van der Waals surface area contributed by atoms with Crippen molar-refractivity contribution in [3.05, 3.63) is 96.1 Å². The lowest BCUT2D eigenvalue weighted by atomic mass is 10.0. The Balaban J connectivity index is 0.00000158. The van der Waals surface area contributed by atoms with Crippen molar-refractivity contribution in [3.8, 4) is 0 Å². The largest absolute Gasteiger partial charge is 0.400 e. The molecule has 1 amide bonds. The molecule has 2 unspecified atom stereocenters. The number of aldehydes is 1. The zero-order valence-corrected chi connectivity index (χ0v) is 19.8. The van der Waals surface area contributed by atoms with Crippen LogP contribution >= 0.6 is 0 Å². The topological polar surface area (TPSA) is 72.9 Å². The average molecular weight is 460 g/mol. The maximum Gasteiger partial charge on any atom is 0.231 e. The standard InChI is InChI=1S/C27H29N3O2.CH4O/c1-21(22-8-4-2-5-9-22)27(32)28-24-12-14-25(15-13-24)29-16-18-30(19-17-29)26(20-31)23-10-6-3-7-11-23;1-2/h2-15,20-21,26H,16-19H2,1H3,(H,28,32);2H,1H3. The summed E-state index contributed by atoms with van der Waals surface area (Å²) in [7, 11) is 1.00. The zero-order chi connectivity index (χ0) is 24.3. The van der Waals surface area contributed by atoms with Crippen LogP contribution in [0.1, 0.15) is 30.0 Å². The molecular weight excluding hydrogens is 426 g/mol. The number of aliphatic hydroxyl groups excluding tert-OH is 1. The van der Waals surface area contributed by atoms with Gasteiger partial charge < -0.3 is 20.1 Å². The summed E-state index contributed by atoms with van der Waals surface area (Å²) in [5.74, 6) is -0.224. The summed E-state index contributed by atoms with van der Waals surface area (Å²) in [6, 6.07) is 27.5. The minimum Gasteiger partial charge on any atom is -0.400 e. The number of anilines is 2. The number of carbonyl (C=O) groups excluding carboxylic acids is 2. The molecule has 6 nitrogen and oxygen atoms in total. The Labute approximate surface area is 201 Å². The molecule has 4 rings (SSSR count). The molecule has 6 heteroatoms. The quantitative estimate of drug-likeness (QED) is 0.521. The lowest BCUT2D eigenvalue weighted by molar-refractivity contribution is -0.117. The van der Waals surface area contributed by atoms with Crippen LogP contribution in [-0.4, -0.2) is 55.5 Å². The molecular formula is C28H33N3O3. The van der Waals surface area contributed by atoms with Crippen LogP contribution in [0.15, 0.2) is 84.9 Å². The van der Waals surface area contributed by atoms with Crippen molar-refractivity contribution in [2.24, 2.45) is 0 Å². The summed E-state index contributed by atoms with van der Waals surface area (Å²) in [6.45, 7) is 5.28. The van der Waals surface area contributed by atoms with E-state index in [4.69, 9.17) is 5.11 Å². The highest BCUT2D eigenvalue weighted by Crippen LogP contribution is 2.25. The summed E-state index contributed by atoms with van der Waals surface area (Å²) < 4.78 is 0. The number of hydrogen-bond acceptors (Lipinski definition) is 5. The summed E-state index contributed by atoms with van der Waals surface area (Å²) in [6.07, 6.45) is 1.04. The second-order valence-corrected chi connectivity index (χ2v) is 8.18. The summed E-state index contributed by atoms with van der Waals surface area (Å²) in [5.41, 5.74) is 3.97. The number of piperazine rings is 1. The van der Waals surface area contributed by atoms with E-state index in [0.717, 1.165) is 62.1 Å². The molecule has 34 heavy (non-hydrogen) atoms. The zero-order valence-electron chi connectivity index (χ0n) is 19.8. The molecule has 0 saturated carbocycles. The second-order valence-electron chi connectivity index (χ2n) is 8.18. The van der Waals surface area contributed by atoms with Gasteiger partial charge in [-0.15, -0.1) is 0 Å². The Kier molecular flexibility index (Phi) is 9.38. The minimum absolute atomic E-state index is 0.0154. The first-order valence-corrected chi connectivity index (χ1v) is 11.6. The van der Waals surface area contributed by atoms with Gasteiger partial charge in [-0.2, -0.15) is 0 Å². The first-order chi connectivity index (χ1) is 16.7. The van der Waals surface area contributed by atoms with E-state index in [-0.39, 0.29) is 17.9 Å². The molecule has 3 aromatic carbocycles. The van der Waals surface area contributed by atoms with E-state index >= 15 is 0 Å². The Morgan fingerprint density at radius 2 is 1.35 bits per heavy atom. The molecule has 0 aliphatic carbocycles. The van der Waals surface area contributed by atoms with Gasteiger partial charge in [0, 0.05) is 44.7 Å². The number of nitrogens with one attached hydrogen (secondary N) is 1. The molecule has 2 atom stereocenters. The van der Waals surface area contributed by atoms with E-state index in [1.54, 1.807) is 0 Å². The first kappa shape index (κ1) is 25.1. The summed E-state index contributed by atoms with van der Waals surface area (Å²) >= 11 is 0. The maximum absolute atomic E-state index is 12.6. The van der Waals surface area contributed by atoms with E-state index < -0.39 is 0 Å². The lowest BCUT2D eigenvalue weighted by Crippen LogP contribution is -2.48. The van der Waals surface area contributed by atoms with Crippen LogP contribution in [0.4, 0.5) is 11.4 Å². The van der Waals surface area contributed by atoms with E-state index in [2.05, 4.69) is 15.1 Å². The number of hydrogen-bond donors (Lipinski definition) is 2. The second kappa shape index (κ2) is 12.7. The predicted molar refractivity (Wildman–Crippen MR) is 137 cm³/mol. The van der Waals surface area contributed by atoms with Crippen LogP contribution in [0, 0.1) is 0 Å². The van der Waals surface area contributed by atoms with Gasteiger partial charge in [0.25, 0.3) is 0 Å². The van der Waals surface area contributed by atoms with Gasteiger partial charge >= 0.3 is 0 Å². The van der Waals surface area contributed by atoms with Gasteiger partial charge in [-0.1, -0.05) is 60.7 Å². The third kappa shape index (κ3) is 6.31. The molecule has 1 saturated heterocycles. The minimum atomic E-state index is -0.209. The molecule has 3 aromatic rings. The van der Waals surface area contributed by atoms with Crippen molar-refractivity contribution in [3.63, 3.8) is 0 Å². The van der Waals surface area contributed by atoms with Crippen LogP contribution in [-0.2, 0) is 9.59 Å². The fraction of sp³-hybridized carbons (Fsp3) is 0.286. The van der Waals surface area contributed by atoms with Crippen LogP contribution in [0.2, 0.25) is 0 Å². The number of nitrogens with zero attached hydrogens (tertiary/aromatic N) is 2. The van der Waals surface area contributed by atoms with Gasteiger partial charge in [-0.05, 0) is 42.3 Å². The van der Waals surface area contributed by atoms with Crippen molar-refractivity contribution in [2.45, 2.75) is 18.9 Å². The molecule has 1 heterocycles. The monoisotopic (exact) mass is 459 g/mol. The van der Waals surface area contributed by atoms with E-state index in [0.29, 0.717) is 0 Å². The third-order valence-corrected chi connectivity index (χ3v) is 6.17. The summed E-state index contributed by atoms with van der Waals surface area (Å²) in [4.78, 5) is 28.9. The van der Waals surface area contributed by atoms with Gasteiger partial charge in [0.1, 0.15) is 6.29 Å². The SMILES string of the molecule is CC(C(=O)Nc1ccc(N2CCN(C(C=O)c3ccccc3)CC2)cc1)c1ccccc1.CO. The normalized spacial score (nSPS) is 15.4. The molecule has 0 bridgehead atoms. The Bertz CT molecular complexity index is 1020. The average Bonchev–Trinajstić information content (AvgIpc) is 2.92. The van der Waals surface area contributed by atoms with Crippen molar-refractivity contribution in [1.82, 2.24) is 4.90 Å². The number of carbonyl (C=O) groups is 2. The molecule has 1 fully saturated rings. The smallest absolute Gasteiger partial charge is 0.231 e. The van der Waals surface area contributed by atoms with Crippen molar-refractivity contribution in [1.29, 1.82) is 0 Å². The van der Waals surface area contributed by atoms with Gasteiger partial charge in [-0.3, -0.25) is 9.69 Å². The highest BCUT2D eigenvalue weighted by atomic mass is 16.2. The highest BCUT2D eigenvalue weighted by molar-refractivity contribution is 5.95. The first-order valence-electron chi connectivity index (χ1n) is 11.6. The lowest BCUT2D eigenvalue weighted by Gasteiger charge is -2.38. The highest BCUT2D eigenvalue weighted by Gasteiger charge is 2.25. The van der Waals surface area contributed by atoms with Crippen molar-refractivity contribution < 1.29 is 14.7 Å². The predicted octanol–water partition coefficient (Wildman–Crippen LogP) is 4.10. The Morgan fingerprint density at radius 1 is 0.824 bits per heavy atom. The summed E-state index contributed by atoms with van der Waals surface area (Å²) in [5, 5.41) is 10.0. The van der Waals surface area contributed by atoms with Gasteiger partial charge in [0.2, 0.25) is 5.91 Å². The van der Waals surface area contributed by atoms with Crippen molar-refractivity contribution >= 4 is 23.6 Å². The third-order valence-electron chi connectivity index (χ3n) is 6.17. The molecule has 0 spiro atoms. The number of benzene rings is 3. The number of rotatable bonds is 7. The Hall–Kier alpha value is -3.48. The van der Waals surface area contributed by atoms with E-state index in [9.17, 15) is 9.59 Å². The molecule has 1 aliphatic rings. The van der Waals surface area contributed by atoms with E-state index in [1.165, 1.54) is 0 Å². The number of aliphatic hydroxyl groups is 1. The van der Waals surface area contributed by atoms with Gasteiger partial charge in [-0.25, -0.2) is 0 Å². The maximum atomic E-state index is 12.6. The number of amides is 1. The fourth-order valence-corrected chi connectivity index (χ4v) is 4.18. The van der Waals surface area contributed by atoms with Crippen LogP contribution < -0.4 is 10.2 Å². The molecule has 0 aromatic heterocycles. The Morgan fingerprint density at radius 3 is 1.88 bits per heavy atom. The molecule has 0 radical (unpaired) electrons. The van der Waals surface area contributed by atoms with Gasteiger partial charge in [0.05, 0.1) is 12.0 Å². The molecule has 2 N–H and O–H groups in total. The fourth-order valence-electron chi connectivity index (χ4n) is 4.18. The van der Waals surface area contributed by atoms with Gasteiger partial charge in [0.15, 0.2) is 0 Å². The van der Waals surface area contributed by atoms with E-state index in [1.807, 2.05) is 91.9 Å². The molecule has 178 valence electrons. The molecule has 1 aliphatic heterocycles. The van der Waals surface area contributed by atoms with Crippen LogP contribution in [0.5, 0.6) is 0 Å². The van der Waals surface area contributed by atoms with Crippen LogP contribution in [0.25, 0.3) is 0 Å². The van der Waals surface area contributed by atoms with Crippen LogP contribution in [0.3, 0.4) is 0 Å². The van der Waals surface area contributed by atoms with Crippen molar-refractivity contribution in [2.75, 3.05) is 43.5 Å².